The van der Waals surface area contributed by atoms with Gasteiger partial charge in [-0.05, 0) is 82.7 Å². The highest BCUT2D eigenvalue weighted by Gasteiger charge is 2.52. The lowest BCUT2D eigenvalue weighted by molar-refractivity contribution is 0.00578. The van der Waals surface area contributed by atoms with Gasteiger partial charge in [-0.15, -0.1) is 0 Å². The average molecular weight is 305 g/mol. The van der Waals surface area contributed by atoms with E-state index in [1.807, 2.05) is 33.8 Å². The Kier molecular flexibility index (Phi) is 4.08. The Hall–Kier alpha value is -0.905. The lowest BCUT2D eigenvalue weighted by atomic mass is 9.71. The maximum atomic E-state index is 13.8. The molecule has 1 aromatic carbocycles. The average Bonchev–Trinajstić information content (AvgIpc) is 2.68. The smallest absolute Gasteiger partial charge is 0.399 e. The van der Waals surface area contributed by atoms with Crippen molar-refractivity contribution in [2.24, 2.45) is 0 Å². The Labute approximate surface area is 132 Å². The normalized spacial score (nSPS) is 24.7. The fraction of sp³-hybridized carbons (Fsp3) is 0.647. The summed E-state index contributed by atoms with van der Waals surface area (Å²) >= 11 is 0. The summed E-state index contributed by atoms with van der Waals surface area (Å²) in [5.74, 6) is 0.207. The highest BCUT2D eigenvalue weighted by molar-refractivity contribution is 6.62. The molecule has 1 aromatic rings. The number of hydrogen-bond donors (Lipinski definition) is 1. The van der Waals surface area contributed by atoms with Gasteiger partial charge in [0.05, 0.1) is 11.2 Å². The van der Waals surface area contributed by atoms with Crippen LogP contribution in [0, 0.1) is 5.82 Å². The number of nitrogens with one attached hydrogen (secondary N) is 1. The van der Waals surface area contributed by atoms with Crippen LogP contribution in [0.4, 0.5) is 4.39 Å². The summed E-state index contributed by atoms with van der Waals surface area (Å²) in [4.78, 5) is 0. The van der Waals surface area contributed by atoms with E-state index < -0.39 is 18.3 Å². The van der Waals surface area contributed by atoms with Crippen molar-refractivity contribution in [3.8, 4) is 0 Å². The second-order valence-electron chi connectivity index (χ2n) is 7.39. The Bertz CT molecular complexity index is 540. The molecular weight excluding hydrogens is 280 g/mol. The molecular formula is C17H25BFNO2. The predicted octanol–water partition coefficient (Wildman–Crippen LogP) is 2.59. The molecule has 1 N–H and O–H groups in total. The first-order valence-electron chi connectivity index (χ1n) is 8.16. The molecule has 2 saturated heterocycles. The van der Waals surface area contributed by atoms with E-state index in [9.17, 15) is 4.39 Å². The van der Waals surface area contributed by atoms with Crippen molar-refractivity contribution in [2.75, 3.05) is 13.1 Å². The summed E-state index contributed by atoms with van der Waals surface area (Å²) in [6, 6.07) is 5.04. The highest BCUT2D eigenvalue weighted by atomic mass is 19.1. The van der Waals surface area contributed by atoms with E-state index in [4.69, 9.17) is 9.31 Å². The molecule has 0 aromatic heterocycles. The van der Waals surface area contributed by atoms with Crippen LogP contribution in [0.5, 0.6) is 0 Å². The van der Waals surface area contributed by atoms with Gasteiger partial charge in [0.1, 0.15) is 5.82 Å². The third-order valence-electron chi connectivity index (χ3n) is 5.33. The number of hydrogen-bond acceptors (Lipinski definition) is 3. The number of rotatable bonds is 2. The standard InChI is InChI=1S/C17H25BFNO2/c1-16(2)17(3,4)22-18(21-16)15-11-13(19)5-6-14(15)12-7-9-20-10-8-12/h5-6,11-12,20H,7-10H2,1-4H3. The summed E-state index contributed by atoms with van der Waals surface area (Å²) in [5.41, 5.74) is 1.21. The zero-order valence-electron chi connectivity index (χ0n) is 13.9. The molecule has 0 aliphatic carbocycles. The largest absolute Gasteiger partial charge is 0.495 e. The zero-order chi connectivity index (χ0) is 16.0. The molecule has 3 nitrogen and oxygen atoms in total. The third-order valence-corrected chi connectivity index (χ3v) is 5.33. The first-order valence-corrected chi connectivity index (χ1v) is 8.16. The highest BCUT2D eigenvalue weighted by Crippen LogP contribution is 2.37. The van der Waals surface area contributed by atoms with Crippen LogP contribution in [-0.4, -0.2) is 31.4 Å². The van der Waals surface area contributed by atoms with E-state index in [1.165, 1.54) is 5.56 Å². The van der Waals surface area contributed by atoms with Crippen molar-refractivity contribution in [3.63, 3.8) is 0 Å². The van der Waals surface area contributed by atoms with E-state index in [0.717, 1.165) is 31.4 Å². The summed E-state index contributed by atoms with van der Waals surface area (Å²) in [7, 11) is -0.495. The number of piperidine rings is 1. The Morgan fingerprint density at radius 2 is 1.68 bits per heavy atom. The monoisotopic (exact) mass is 305 g/mol. The first kappa shape index (κ1) is 16.0. The van der Waals surface area contributed by atoms with E-state index in [0.29, 0.717) is 5.92 Å². The van der Waals surface area contributed by atoms with E-state index in [-0.39, 0.29) is 5.82 Å². The Morgan fingerprint density at radius 1 is 1.09 bits per heavy atom. The molecule has 2 aliphatic rings. The minimum absolute atomic E-state index is 0.234. The van der Waals surface area contributed by atoms with Crippen LogP contribution < -0.4 is 10.8 Å². The number of benzene rings is 1. The Morgan fingerprint density at radius 3 is 2.27 bits per heavy atom. The fourth-order valence-corrected chi connectivity index (χ4v) is 3.22. The van der Waals surface area contributed by atoms with Gasteiger partial charge < -0.3 is 14.6 Å². The summed E-state index contributed by atoms with van der Waals surface area (Å²) < 4.78 is 26.1. The van der Waals surface area contributed by atoms with E-state index in [2.05, 4.69) is 5.32 Å². The Balaban J connectivity index is 1.94. The molecule has 0 amide bonds. The van der Waals surface area contributed by atoms with Crippen molar-refractivity contribution in [3.05, 3.63) is 29.6 Å². The van der Waals surface area contributed by atoms with Crippen LogP contribution in [0.25, 0.3) is 0 Å². The van der Waals surface area contributed by atoms with Crippen LogP contribution in [0.1, 0.15) is 52.0 Å². The molecule has 22 heavy (non-hydrogen) atoms. The van der Waals surface area contributed by atoms with Crippen molar-refractivity contribution in [1.82, 2.24) is 5.32 Å². The quantitative estimate of drug-likeness (QED) is 0.852. The second-order valence-corrected chi connectivity index (χ2v) is 7.39. The molecule has 0 unspecified atom stereocenters. The SMILES string of the molecule is CC1(C)OB(c2cc(F)ccc2C2CCNCC2)OC1(C)C. The van der Waals surface area contributed by atoms with Gasteiger partial charge in [0.15, 0.2) is 0 Å². The van der Waals surface area contributed by atoms with Crippen molar-refractivity contribution < 1.29 is 13.7 Å². The summed E-state index contributed by atoms with van der Waals surface area (Å²) in [6.07, 6.45) is 2.14. The molecule has 0 radical (unpaired) electrons. The molecule has 5 heteroatoms. The molecule has 0 spiro atoms. The predicted molar refractivity (Wildman–Crippen MR) is 87.0 cm³/mol. The van der Waals surface area contributed by atoms with Gasteiger partial charge in [0.25, 0.3) is 0 Å². The van der Waals surface area contributed by atoms with Crippen molar-refractivity contribution in [1.29, 1.82) is 0 Å². The second kappa shape index (κ2) is 5.62. The van der Waals surface area contributed by atoms with E-state index >= 15 is 0 Å². The van der Waals surface area contributed by atoms with E-state index in [1.54, 1.807) is 12.1 Å². The lowest BCUT2D eigenvalue weighted by Crippen LogP contribution is -2.41. The molecule has 120 valence electrons. The molecule has 2 fully saturated rings. The zero-order valence-corrected chi connectivity index (χ0v) is 13.9. The van der Waals surface area contributed by atoms with Gasteiger partial charge in [-0.2, -0.15) is 0 Å². The van der Waals surface area contributed by atoms with Gasteiger partial charge in [0, 0.05) is 0 Å². The molecule has 0 bridgehead atoms. The van der Waals surface area contributed by atoms with Crippen LogP contribution in [0.2, 0.25) is 0 Å². The minimum Gasteiger partial charge on any atom is -0.399 e. The topological polar surface area (TPSA) is 30.5 Å². The first-order chi connectivity index (χ1) is 10.3. The lowest BCUT2D eigenvalue weighted by Gasteiger charge is -2.32. The third kappa shape index (κ3) is 2.82. The maximum Gasteiger partial charge on any atom is 0.495 e. The molecule has 0 saturated carbocycles. The van der Waals surface area contributed by atoms with Crippen molar-refractivity contribution >= 4 is 12.6 Å². The summed E-state index contributed by atoms with van der Waals surface area (Å²) in [5, 5.41) is 3.37. The van der Waals surface area contributed by atoms with Crippen molar-refractivity contribution in [2.45, 2.75) is 57.7 Å². The van der Waals surface area contributed by atoms with Crippen LogP contribution >= 0.6 is 0 Å². The molecule has 3 rings (SSSR count). The molecule has 2 heterocycles. The fourth-order valence-electron chi connectivity index (χ4n) is 3.22. The van der Waals surface area contributed by atoms with Crippen LogP contribution in [-0.2, 0) is 9.31 Å². The van der Waals surface area contributed by atoms with Gasteiger partial charge in [-0.25, -0.2) is 4.39 Å². The maximum absolute atomic E-state index is 13.8. The van der Waals surface area contributed by atoms with Gasteiger partial charge in [0.2, 0.25) is 0 Å². The van der Waals surface area contributed by atoms with Crippen LogP contribution in [0.15, 0.2) is 18.2 Å². The summed E-state index contributed by atoms with van der Waals surface area (Å²) in [6.45, 7) is 10.1. The van der Waals surface area contributed by atoms with Gasteiger partial charge in [-0.1, -0.05) is 6.07 Å². The van der Waals surface area contributed by atoms with Gasteiger partial charge in [-0.3, -0.25) is 0 Å². The molecule has 0 atom stereocenters. The van der Waals surface area contributed by atoms with Gasteiger partial charge >= 0.3 is 7.12 Å². The minimum atomic E-state index is -0.495. The van der Waals surface area contributed by atoms with Crippen LogP contribution in [0.3, 0.4) is 0 Å². The molecule has 2 aliphatic heterocycles. The number of halogens is 1.